The molecule has 12 nitrogen and oxygen atoms in total. The van der Waals surface area contributed by atoms with E-state index in [1.807, 2.05) is 0 Å². The molecule has 2 aromatic rings. The molecule has 12 heteroatoms. The summed E-state index contributed by atoms with van der Waals surface area (Å²) in [5.41, 5.74) is 1.65. The Morgan fingerprint density at radius 3 is 2.26 bits per heavy atom. The Bertz CT molecular complexity index is 1590. The van der Waals surface area contributed by atoms with Gasteiger partial charge in [-0.15, -0.1) is 0 Å². The minimum Gasteiger partial charge on any atom is -0.510 e. The van der Waals surface area contributed by atoms with Crippen LogP contribution in [-0.2, 0) is 25.5 Å². The average molecular weight is 579 g/mol. The zero-order chi connectivity index (χ0) is 30.8. The van der Waals surface area contributed by atoms with Gasteiger partial charge in [-0.2, -0.15) is 0 Å². The third kappa shape index (κ3) is 4.05. The second-order valence-electron chi connectivity index (χ2n) is 11.1. The van der Waals surface area contributed by atoms with Gasteiger partial charge in [-0.05, 0) is 49.3 Å². The number of hydrogen-bond acceptors (Lipinski definition) is 11. The first-order valence-electron chi connectivity index (χ1n) is 13.2. The molecule has 5 rings (SSSR count). The van der Waals surface area contributed by atoms with Gasteiger partial charge in [0.15, 0.2) is 11.4 Å². The highest BCUT2D eigenvalue weighted by molar-refractivity contribution is 6.25. The molecule has 2 aromatic carbocycles. The van der Waals surface area contributed by atoms with E-state index in [2.05, 4.69) is 0 Å². The molecule has 1 amide bonds. The number of benzene rings is 2. The van der Waals surface area contributed by atoms with Gasteiger partial charge in [0, 0.05) is 11.5 Å². The molecule has 0 bridgehead atoms. The number of esters is 1. The van der Waals surface area contributed by atoms with Crippen molar-refractivity contribution in [1.29, 1.82) is 0 Å². The summed E-state index contributed by atoms with van der Waals surface area (Å²) < 4.78 is 5.96. The Kier molecular flexibility index (Phi) is 6.86. The molecule has 0 fully saturated rings. The van der Waals surface area contributed by atoms with Crippen molar-refractivity contribution in [2.24, 2.45) is 17.6 Å². The number of rotatable bonds is 5. The minimum atomic E-state index is -3.02. The van der Waals surface area contributed by atoms with Crippen LogP contribution in [0.2, 0.25) is 0 Å². The molecule has 3 aliphatic carbocycles. The maximum absolute atomic E-state index is 13.9. The molecule has 0 spiro atoms. The van der Waals surface area contributed by atoms with Crippen LogP contribution in [0.4, 0.5) is 0 Å². The van der Waals surface area contributed by atoms with Crippen molar-refractivity contribution in [3.8, 4) is 11.5 Å². The summed E-state index contributed by atoms with van der Waals surface area (Å²) in [6, 6.07) is 8.77. The van der Waals surface area contributed by atoms with Crippen LogP contribution in [0.15, 0.2) is 65.1 Å². The van der Waals surface area contributed by atoms with Crippen LogP contribution in [0.3, 0.4) is 0 Å². The molecular weight excluding hydrogens is 548 g/mol. The van der Waals surface area contributed by atoms with Gasteiger partial charge in [0.25, 0.3) is 5.91 Å². The maximum atomic E-state index is 13.9. The van der Waals surface area contributed by atoms with Gasteiger partial charge in [0.05, 0.1) is 23.9 Å². The Labute approximate surface area is 239 Å². The summed E-state index contributed by atoms with van der Waals surface area (Å²) in [4.78, 5) is 54.7. The Morgan fingerprint density at radius 2 is 1.67 bits per heavy atom. The molecule has 7 N–H and O–H groups in total. The van der Waals surface area contributed by atoms with Crippen molar-refractivity contribution in [2.75, 3.05) is 14.1 Å². The number of aliphatic hydroxyl groups is 3. The lowest BCUT2D eigenvalue weighted by molar-refractivity contribution is -0.180. The quantitative estimate of drug-likeness (QED) is 0.219. The number of primary amides is 1. The van der Waals surface area contributed by atoms with E-state index in [0.717, 1.165) is 0 Å². The number of carbonyl (C=O) groups excluding carboxylic acids is 4. The molecule has 0 aromatic heterocycles. The third-order valence-corrected chi connectivity index (χ3v) is 8.52. The lowest BCUT2D eigenvalue weighted by Gasteiger charge is -2.54. The van der Waals surface area contributed by atoms with E-state index >= 15 is 0 Å². The van der Waals surface area contributed by atoms with Crippen LogP contribution in [-0.4, -0.2) is 85.7 Å². The maximum Gasteiger partial charge on any atom is 0.310 e. The summed E-state index contributed by atoms with van der Waals surface area (Å²) in [5.74, 6) is -10.3. The standard InChI is InChI=1S/C30H30N2O10/c1-12-15-5-4-6-16(34)19(15)24(36)20-18(12)26(42-17(35)11-13-7-9-14(33)10-8-13)22-23(32(2)3)25(37)21(29(31)40)28(39)30(22,41)27(20)38/h4-10,12,18,22-23,26,33-34,37-38,41H,11H2,1-3H3,(H2,31,40)/t12-,18+,22+,23-,26-,30-/m0/s1. The Balaban J connectivity index is 1.75. The third-order valence-electron chi connectivity index (χ3n) is 8.52. The highest BCUT2D eigenvalue weighted by atomic mass is 16.5. The first-order chi connectivity index (χ1) is 19.7. The zero-order valence-electron chi connectivity index (χ0n) is 22.9. The fourth-order valence-corrected chi connectivity index (χ4v) is 6.67. The molecule has 0 saturated heterocycles. The SMILES string of the molecule is C[C@H]1c2cccc(O)c2C(=O)C2=C(O)[C@]3(O)C(=O)C(C(N)=O)=C(O)[C@@H](N(C)C)[C@@H]3[C@@H](OC(=O)Cc3ccc(O)cc3)[C@@H]21. The van der Waals surface area contributed by atoms with Gasteiger partial charge >= 0.3 is 5.97 Å². The number of ether oxygens (including phenoxy) is 1. The number of ketones is 2. The highest BCUT2D eigenvalue weighted by Crippen LogP contribution is 2.56. The van der Waals surface area contributed by atoms with Gasteiger partial charge in [0.1, 0.15) is 34.7 Å². The predicted molar refractivity (Wildman–Crippen MR) is 145 cm³/mol. The smallest absolute Gasteiger partial charge is 0.310 e. The lowest BCUT2D eigenvalue weighted by Crippen LogP contribution is -2.69. The van der Waals surface area contributed by atoms with Crippen molar-refractivity contribution < 1.29 is 49.4 Å². The summed E-state index contributed by atoms with van der Waals surface area (Å²) in [7, 11) is 2.95. The van der Waals surface area contributed by atoms with Gasteiger partial charge in [-0.25, -0.2) is 0 Å². The van der Waals surface area contributed by atoms with Crippen molar-refractivity contribution in [2.45, 2.75) is 37.0 Å². The first kappa shape index (κ1) is 28.8. The number of hydrogen-bond donors (Lipinski definition) is 6. The monoisotopic (exact) mass is 578 g/mol. The number of nitrogens with zero attached hydrogens (tertiary/aromatic N) is 1. The predicted octanol–water partition coefficient (Wildman–Crippen LogP) is 1.15. The van der Waals surface area contributed by atoms with Crippen LogP contribution < -0.4 is 5.73 Å². The number of phenolic OH excluding ortho intramolecular Hbond substituents is 2. The first-order valence-corrected chi connectivity index (χ1v) is 13.2. The molecular formula is C30H30N2O10. The van der Waals surface area contributed by atoms with E-state index in [1.165, 1.54) is 55.4 Å². The van der Waals surface area contributed by atoms with E-state index in [1.54, 1.807) is 13.0 Å². The fraction of sp³-hybridized carbons (Fsp3) is 0.333. The molecule has 0 unspecified atom stereocenters. The Morgan fingerprint density at radius 1 is 1.02 bits per heavy atom. The number of phenols is 2. The second-order valence-corrected chi connectivity index (χ2v) is 11.1. The van der Waals surface area contributed by atoms with Crippen LogP contribution >= 0.6 is 0 Å². The number of aromatic hydroxyl groups is 2. The molecule has 0 heterocycles. The van der Waals surface area contributed by atoms with Crippen LogP contribution in [0, 0.1) is 11.8 Å². The van der Waals surface area contributed by atoms with E-state index in [9.17, 15) is 44.7 Å². The normalized spacial score (nSPS) is 28.7. The molecule has 220 valence electrons. The Hall–Kier alpha value is -4.68. The van der Waals surface area contributed by atoms with Gasteiger partial charge in [0.2, 0.25) is 5.78 Å². The van der Waals surface area contributed by atoms with E-state index in [-0.39, 0.29) is 17.7 Å². The summed E-state index contributed by atoms with van der Waals surface area (Å²) >= 11 is 0. The largest absolute Gasteiger partial charge is 0.510 e. The van der Waals surface area contributed by atoms with E-state index < -0.39 is 87.4 Å². The number of Topliss-reactive ketones (excluding diaryl/α,β-unsaturated/α-hetero) is 2. The van der Waals surface area contributed by atoms with E-state index in [0.29, 0.717) is 11.1 Å². The number of amides is 1. The molecule has 3 aliphatic rings. The highest BCUT2D eigenvalue weighted by Gasteiger charge is 2.68. The molecule has 6 atom stereocenters. The lowest BCUT2D eigenvalue weighted by atomic mass is 9.55. The molecule has 0 saturated carbocycles. The average Bonchev–Trinajstić information content (AvgIpc) is 2.91. The zero-order valence-corrected chi connectivity index (χ0v) is 22.9. The number of fused-ring (bicyclic) bond motifs is 3. The van der Waals surface area contributed by atoms with Gasteiger partial charge in [-0.1, -0.05) is 31.2 Å². The number of nitrogens with two attached hydrogens (primary N) is 1. The van der Waals surface area contributed by atoms with Crippen molar-refractivity contribution >= 4 is 23.4 Å². The van der Waals surface area contributed by atoms with Crippen molar-refractivity contribution in [3.63, 3.8) is 0 Å². The molecule has 0 radical (unpaired) electrons. The minimum absolute atomic E-state index is 0.0202. The topological polar surface area (TPSA) is 208 Å². The van der Waals surface area contributed by atoms with E-state index in [4.69, 9.17) is 10.5 Å². The molecule has 0 aliphatic heterocycles. The van der Waals surface area contributed by atoms with Crippen molar-refractivity contribution in [1.82, 2.24) is 4.90 Å². The van der Waals surface area contributed by atoms with Gasteiger partial charge in [-0.3, -0.25) is 24.1 Å². The second kappa shape index (κ2) is 10.00. The van der Waals surface area contributed by atoms with Crippen molar-refractivity contribution in [3.05, 3.63) is 81.8 Å². The summed E-state index contributed by atoms with van der Waals surface area (Å²) in [5, 5.41) is 55.0. The summed E-state index contributed by atoms with van der Waals surface area (Å²) in [6.07, 6.45) is -1.80. The van der Waals surface area contributed by atoms with Crippen LogP contribution in [0.5, 0.6) is 11.5 Å². The number of carbonyl (C=O) groups is 4. The number of likely N-dealkylation sites (N-methyl/N-ethyl adjacent to an activating group) is 1. The van der Waals surface area contributed by atoms with Crippen LogP contribution in [0.25, 0.3) is 0 Å². The van der Waals surface area contributed by atoms with Crippen LogP contribution in [0.1, 0.15) is 34.3 Å². The molecule has 42 heavy (non-hydrogen) atoms. The van der Waals surface area contributed by atoms with Gasteiger partial charge < -0.3 is 36.0 Å². The fourth-order valence-electron chi connectivity index (χ4n) is 6.67. The summed E-state index contributed by atoms with van der Waals surface area (Å²) in [6.45, 7) is 1.67. The number of aliphatic hydroxyl groups excluding tert-OH is 2.